The van der Waals surface area contributed by atoms with Crippen LogP contribution in [0.2, 0.25) is 0 Å². The maximum Gasteiger partial charge on any atom is 0.416 e. The SMILES string of the molecule is Cc1cc2oc(=O)cc(COC(=O)CNc3ccc(C(F)(F)F)cc3[N+](=O)[O-])c2cc1C(C)C. The van der Waals surface area contributed by atoms with Gasteiger partial charge in [-0.25, -0.2) is 4.79 Å². The Morgan fingerprint density at radius 1 is 1.21 bits per heavy atom. The van der Waals surface area contributed by atoms with E-state index in [4.69, 9.17) is 9.15 Å². The third-order valence-electron chi connectivity index (χ3n) is 5.17. The second kappa shape index (κ2) is 9.54. The van der Waals surface area contributed by atoms with Crippen LogP contribution < -0.4 is 10.9 Å². The highest BCUT2D eigenvalue weighted by Crippen LogP contribution is 2.35. The molecule has 1 N–H and O–H groups in total. The van der Waals surface area contributed by atoms with E-state index in [0.29, 0.717) is 28.7 Å². The topological polar surface area (TPSA) is 112 Å². The highest BCUT2D eigenvalue weighted by molar-refractivity contribution is 5.83. The van der Waals surface area contributed by atoms with Gasteiger partial charge in [-0.2, -0.15) is 13.2 Å². The number of aryl methyl sites for hydroxylation is 1. The average Bonchev–Trinajstić information content (AvgIpc) is 2.74. The largest absolute Gasteiger partial charge is 0.459 e. The first-order chi connectivity index (χ1) is 15.9. The summed E-state index contributed by atoms with van der Waals surface area (Å²) in [6.07, 6.45) is -4.75. The van der Waals surface area contributed by atoms with E-state index in [2.05, 4.69) is 5.32 Å². The van der Waals surface area contributed by atoms with Gasteiger partial charge in [0.15, 0.2) is 0 Å². The van der Waals surface area contributed by atoms with Gasteiger partial charge in [0.2, 0.25) is 0 Å². The van der Waals surface area contributed by atoms with Gasteiger partial charge in [0, 0.05) is 23.1 Å². The van der Waals surface area contributed by atoms with Crippen molar-refractivity contribution in [1.82, 2.24) is 0 Å². The standard InChI is InChI=1S/C23H21F3N2O6/c1-12(2)16-9-17-14(7-21(29)34-20(17)6-13(16)3)11-33-22(30)10-27-18-5-4-15(23(24,25)26)8-19(18)28(31)32/h4-9,12,27H,10-11H2,1-3H3. The molecule has 3 rings (SSSR count). The number of esters is 1. The number of hydrogen-bond donors (Lipinski definition) is 1. The number of carbonyl (C=O) groups is 1. The molecule has 0 aliphatic rings. The van der Waals surface area contributed by atoms with Crippen LogP contribution in [0.15, 0.2) is 45.6 Å². The molecule has 8 nitrogen and oxygen atoms in total. The lowest BCUT2D eigenvalue weighted by Gasteiger charge is -2.13. The van der Waals surface area contributed by atoms with Crippen molar-refractivity contribution < 1.29 is 32.0 Å². The van der Waals surface area contributed by atoms with Crippen LogP contribution >= 0.6 is 0 Å². The summed E-state index contributed by atoms with van der Waals surface area (Å²) >= 11 is 0. The molecule has 34 heavy (non-hydrogen) atoms. The molecule has 0 bridgehead atoms. The summed E-state index contributed by atoms with van der Waals surface area (Å²) in [5.74, 6) is -0.623. The minimum absolute atomic E-state index is 0.204. The number of nitrogens with zero attached hydrogens (tertiary/aromatic N) is 1. The Bertz CT molecular complexity index is 1310. The predicted octanol–water partition coefficient (Wildman–Crippen LogP) is 5.31. The van der Waals surface area contributed by atoms with E-state index in [1.54, 1.807) is 6.07 Å². The van der Waals surface area contributed by atoms with Crippen molar-refractivity contribution in [2.24, 2.45) is 0 Å². The molecule has 0 spiro atoms. The minimum Gasteiger partial charge on any atom is -0.459 e. The van der Waals surface area contributed by atoms with E-state index in [9.17, 15) is 32.9 Å². The number of nitro benzene ring substituents is 1. The normalized spacial score (nSPS) is 11.6. The number of carbonyl (C=O) groups excluding carboxylic acids is 1. The molecule has 1 aromatic heterocycles. The molecule has 3 aromatic rings. The molecule has 0 aliphatic heterocycles. The van der Waals surface area contributed by atoms with Gasteiger partial charge in [-0.15, -0.1) is 0 Å². The Kier molecular flexibility index (Phi) is 6.94. The number of nitro groups is 1. The van der Waals surface area contributed by atoms with E-state index >= 15 is 0 Å². The average molecular weight is 478 g/mol. The molecule has 180 valence electrons. The van der Waals surface area contributed by atoms with Crippen LogP contribution in [0.1, 0.15) is 42.0 Å². The molecule has 0 aliphatic carbocycles. The van der Waals surface area contributed by atoms with Crippen LogP contribution in [0, 0.1) is 17.0 Å². The van der Waals surface area contributed by atoms with Crippen molar-refractivity contribution in [2.45, 2.75) is 39.5 Å². The smallest absolute Gasteiger partial charge is 0.416 e. The van der Waals surface area contributed by atoms with Gasteiger partial charge in [-0.3, -0.25) is 14.9 Å². The summed E-state index contributed by atoms with van der Waals surface area (Å²) in [5.41, 5.74) is -0.149. The molecule has 0 saturated carbocycles. The fraction of sp³-hybridized carbons (Fsp3) is 0.304. The third kappa shape index (κ3) is 5.53. The number of anilines is 1. The van der Waals surface area contributed by atoms with Gasteiger partial charge in [-0.05, 0) is 48.2 Å². The second-order valence-corrected chi connectivity index (χ2v) is 7.95. The van der Waals surface area contributed by atoms with E-state index in [0.717, 1.165) is 17.2 Å². The van der Waals surface area contributed by atoms with Crippen molar-refractivity contribution in [3.8, 4) is 0 Å². The van der Waals surface area contributed by atoms with Crippen LogP contribution in [0.5, 0.6) is 0 Å². The molecule has 11 heteroatoms. The summed E-state index contributed by atoms with van der Waals surface area (Å²) in [6.45, 7) is 5.12. The highest BCUT2D eigenvalue weighted by atomic mass is 19.4. The van der Waals surface area contributed by atoms with Crippen molar-refractivity contribution in [3.63, 3.8) is 0 Å². The molecule has 0 saturated heterocycles. The summed E-state index contributed by atoms with van der Waals surface area (Å²) in [4.78, 5) is 34.3. The first kappa shape index (κ1) is 24.7. The number of halogens is 3. The fourth-order valence-electron chi connectivity index (χ4n) is 3.52. The highest BCUT2D eigenvalue weighted by Gasteiger charge is 2.33. The first-order valence-electron chi connectivity index (χ1n) is 10.2. The zero-order valence-corrected chi connectivity index (χ0v) is 18.5. The minimum atomic E-state index is -4.75. The summed E-state index contributed by atoms with van der Waals surface area (Å²) in [5, 5.41) is 14.2. The van der Waals surface area contributed by atoms with Gasteiger partial charge >= 0.3 is 17.8 Å². The number of rotatable bonds is 7. The summed E-state index contributed by atoms with van der Waals surface area (Å²) in [6, 6.07) is 6.75. The number of alkyl halides is 3. The second-order valence-electron chi connectivity index (χ2n) is 7.95. The van der Waals surface area contributed by atoms with Gasteiger partial charge < -0.3 is 14.5 Å². The molecule has 0 amide bonds. The van der Waals surface area contributed by atoms with Crippen molar-refractivity contribution in [1.29, 1.82) is 0 Å². The third-order valence-corrected chi connectivity index (χ3v) is 5.17. The Morgan fingerprint density at radius 2 is 1.91 bits per heavy atom. The molecule has 0 atom stereocenters. The molecule has 0 unspecified atom stereocenters. The van der Waals surface area contributed by atoms with Gasteiger partial charge in [0.1, 0.15) is 24.4 Å². The maximum absolute atomic E-state index is 12.8. The Hall–Kier alpha value is -3.89. The number of hydrogen-bond acceptors (Lipinski definition) is 7. The van der Waals surface area contributed by atoms with Gasteiger partial charge in [0.25, 0.3) is 5.69 Å². The Morgan fingerprint density at radius 3 is 2.53 bits per heavy atom. The number of ether oxygens (including phenoxy) is 1. The number of benzene rings is 2. The lowest BCUT2D eigenvalue weighted by atomic mass is 9.95. The van der Waals surface area contributed by atoms with Crippen LogP contribution in [-0.4, -0.2) is 17.4 Å². The lowest BCUT2D eigenvalue weighted by molar-refractivity contribution is -0.384. The predicted molar refractivity (Wildman–Crippen MR) is 118 cm³/mol. The molecule has 0 radical (unpaired) electrons. The quantitative estimate of drug-likeness (QED) is 0.212. The van der Waals surface area contributed by atoms with E-state index < -0.39 is 40.5 Å². The zero-order valence-electron chi connectivity index (χ0n) is 18.5. The van der Waals surface area contributed by atoms with Crippen molar-refractivity contribution >= 4 is 28.3 Å². The summed E-state index contributed by atoms with van der Waals surface area (Å²) in [7, 11) is 0. The van der Waals surface area contributed by atoms with Crippen LogP contribution in [0.25, 0.3) is 11.0 Å². The molecule has 2 aromatic carbocycles. The van der Waals surface area contributed by atoms with E-state index in [1.807, 2.05) is 26.8 Å². The van der Waals surface area contributed by atoms with Gasteiger partial charge in [0.05, 0.1) is 10.5 Å². The van der Waals surface area contributed by atoms with E-state index in [1.165, 1.54) is 6.07 Å². The van der Waals surface area contributed by atoms with Crippen molar-refractivity contribution in [3.05, 3.63) is 79.2 Å². The number of fused-ring (bicyclic) bond motifs is 1. The summed E-state index contributed by atoms with van der Waals surface area (Å²) < 4.78 is 48.9. The monoisotopic (exact) mass is 478 g/mol. The van der Waals surface area contributed by atoms with Crippen LogP contribution in [0.4, 0.5) is 24.5 Å². The van der Waals surface area contributed by atoms with E-state index in [-0.39, 0.29) is 18.2 Å². The van der Waals surface area contributed by atoms with Gasteiger partial charge in [-0.1, -0.05) is 13.8 Å². The lowest BCUT2D eigenvalue weighted by Crippen LogP contribution is -2.18. The first-order valence-corrected chi connectivity index (χ1v) is 10.2. The van der Waals surface area contributed by atoms with Crippen LogP contribution in [-0.2, 0) is 22.3 Å². The molecular weight excluding hydrogens is 457 g/mol. The fourth-order valence-corrected chi connectivity index (χ4v) is 3.52. The molecular formula is C23H21F3N2O6. The Balaban J connectivity index is 1.75. The Labute approximate surface area is 191 Å². The van der Waals surface area contributed by atoms with Crippen LogP contribution in [0.3, 0.4) is 0 Å². The number of nitrogens with one attached hydrogen (secondary N) is 1. The molecule has 1 heterocycles. The zero-order chi connectivity index (χ0) is 25.2. The molecule has 0 fully saturated rings. The van der Waals surface area contributed by atoms with Crippen molar-refractivity contribution in [2.75, 3.05) is 11.9 Å². The maximum atomic E-state index is 12.8.